The number of anilines is 1. The summed E-state index contributed by atoms with van der Waals surface area (Å²) in [4.78, 5) is 12.8. The fourth-order valence-electron chi connectivity index (χ4n) is 3.39. The number of nitro benzene ring substituents is 1. The van der Waals surface area contributed by atoms with E-state index in [2.05, 4.69) is 4.90 Å². The number of nitrogens with two attached hydrogens (primary N) is 1. The van der Waals surface area contributed by atoms with E-state index in [-0.39, 0.29) is 17.4 Å². The number of aliphatic hydroxyl groups excluding tert-OH is 1. The zero-order valence-corrected chi connectivity index (χ0v) is 12.8. The molecule has 1 aromatic carbocycles. The molecule has 1 aromatic rings. The molecule has 0 aromatic heterocycles. The van der Waals surface area contributed by atoms with E-state index in [1.54, 1.807) is 19.9 Å². The molecule has 2 aliphatic rings. The number of likely N-dealkylation sites (tertiary alicyclic amines) is 1. The topological polar surface area (TPSA) is 102 Å². The van der Waals surface area contributed by atoms with Crippen LogP contribution in [0.4, 0.5) is 11.4 Å². The van der Waals surface area contributed by atoms with Crippen molar-refractivity contribution in [2.45, 2.75) is 44.4 Å². The fourth-order valence-corrected chi connectivity index (χ4v) is 3.39. The van der Waals surface area contributed by atoms with E-state index in [9.17, 15) is 15.2 Å². The van der Waals surface area contributed by atoms with Gasteiger partial charge in [0.05, 0.1) is 17.0 Å². The van der Waals surface area contributed by atoms with Crippen LogP contribution >= 0.6 is 0 Å². The maximum atomic E-state index is 11.1. The molecule has 2 heterocycles. The monoisotopic (exact) mass is 307 g/mol. The average Bonchev–Trinajstić information content (AvgIpc) is 2.93. The van der Waals surface area contributed by atoms with Gasteiger partial charge in [0.25, 0.3) is 5.69 Å². The third-order valence-electron chi connectivity index (χ3n) is 4.59. The number of nitrogen functional groups attached to an aromatic ring is 1. The SMILES string of the molecule is CC1(C)Oc2cc([N+](=O)[O-])c(N)cc2C(N2CCCC2)C1O. The van der Waals surface area contributed by atoms with Gasteiger partial charge in [-0.25, -0.2) is 0 Å². The van der Waals surface area contributed by atoms with Crippen molar-refractivity contribution in [2.24, 2.45) is 0 Å². The first kappa shape index (κ1) is 15.1. The van der Waals surface area contributed by atoms with Gasteiger partial charge in [-0.3, -0.25) is 15.0 Å². The summed E-state index contributed by atoms with van der Waals surface area (Å²) in [7, 11) is 0. The lowest BCUT2D eigenvalue weighted by molar-refractivity contribution is -0.384. The summed E-state index contributed by atoms with van der Waals surface area (Å²) in [5.41, 5.74) is 5.68. The Labute approximate surface area is 128 Å². The Morgan fingerprint density at radius 3 is 2.64 bits per heavy atom. The van der Waals surface area contributed by atoms with Crippen molar-refractivity contribution in [1.29, 1.82) is 0 Å². The highest BCUT2D eigenvalue weighted by atomic mass is 16.6. The van der Waals surface area contributed by atoms with Crippen LogP contribution in [0.5, 0.6) is 5.75 Å². The maximum absolute atomic E-state index is 11.1. The quantitative estimate of drug-likeness (QED) is 0.491. The van der Waals surface area contributed by atoms with Gasteiger partial charge in [-0.15, -0.1) is 0 Å². The highest BCUT2D eigenvalue weighted by Gasteiger charge is 2.46. The predicted octanol–water partition coefficient (Wildman–Crippen LogP) is 1.85. The first-order valence-electron chi connectivity index (χ1n) is 7.50. The highest BCUT2D eigenvalue weighted by Crippen LogP contribution is 2.46. The van der Waals surface area contributed by atoms with Crippen molar-refractivity contribution in [3.05, 3.63) is 27.8 Å². The molecule has 2 atom stereocenters. The number of nitro groups is 1. The van der Waals surface area contributed by atoms with Crippen LogP contribution in [0.15, 0.2) is 12.1 Å². The van der Waals surface area contributed by atoms with Crippen molar-refractivity contribution >= 4 is 11.4 Å². The normalized spacial score (nSPS) is 27.2. The summed E-state index contributed by atoms with van der Waals surface area (Å²) in [5, 5.41) is 21.8. The van der Waals surface area contributed by atoms with Crippen LogP contribution in [0, 0.1) is 10.1 Å². The van der Waals surface area contributed by atoms with E-state index in [4.69, 9.17) is 10.5 Å². The fraction of sp³-hybridized carbons (Fsp3) is 0.600. The predicted molar refractivity (Wildman–Crippen MR) is 81.8 cm³/mol. The van der Waals surface area contributed by atoms with Gasteiger partial charge in [0.1, 0.15) is 23.1 Å². The van der Waals surface area contributed by atoms with Crippen LogP contribution < -0.4 is 10.5 Å². The minimum absolute atomic E-state index is 0.100. The van der Waals surface area contributed by atoms with Gasteiger partial charge >= 0.3 is 0 Å². The Kier molecular flexibility index (Phi) is 3.49. The molecular formula is C15H21N3O4. The molecule has 2 aliphatic heterocycles. The highest BCUT2D eigenvalue weighted by molar-refractivity contribution is 5.65. The molecule has 2 unspecified atom stereocenters. The van der Waals surface area contributed by atoms with Crippen molar-refractivity contribution in [3.63, 3.8) is 0 Å². The Hall–Kier alpha value is -1.86. The second-order valence-corrected chi connectivity index (χ2v) is 6.54. The summed E-state index contributed by atoms with van der Waals surface area (Å²) in [6.45, 7) is 5.39. The first-order valence-corrected chi connectivity index (χ1v) is 7.50. The molecule has 3 N–H and O–H groups in total. The number of hydrogen-bond donors (Lipinski definition) is 2. The molecule has 0 saturated carbocycles. The van der Waals surface area contributed by atoms with Gasteiger partial charge in [0.2, 0.25) is 0 Å². The third-order valence-corrected chi connectivity index (χ3v) is 4.59. The van der Waals surface area contributed by atoms with Crippen molar-refractivity contribution in [3.8, 4) is 5.75 Å². The summed E-state index contributed by atoms with van der Waals surface area (Å²) >= 11 is 0. The lowest BCUT2D eigenvalue weighted by Crippen LogP contribution is -2.53. The second-order valence-electron chi connectivity index (χ2n) is 6.54. The van der Waals surface area contributed by atoms with Crippen LogP contribution in [0.3, 0.4) is 0 Å². The van der Waals surface area contributed by atoms with E-state index in [0.29, 0.717) is 5.75 Å². The molecule has 1 saturated heterocycles. The largest absolute Gasteiger partial charge is 0.484 e. The molecule has 7 nitrogen and oxygen atoms in total. The van der Waals surface area contributed by atoms with Crippen molar-refractivity contribution in [1.82, 2.24) is 4.90 Å². The second kappa shape index (κ2) is 5.10. The number of nitrogens with zero attached hydrogens (tertiary/aromatic N) is 2. The van der Waals surface area contributed by atoms with E-state index in [0.717, 1.165) is 31.5 Å². The summed E-state index contributed by atoms with van der Waals surface area (Å²) < 4.78 is 5.83. The van der Waals surface area contributed by atoms with Crippen molar-refractivity contribution in [2.75, 3.05) is 18.8 Å². The molecule has 7 heteroatoms. The zero-order chi connectivity index (χ0) is 16.1. The average molecular weight is 307 g/mol. The van der Waals surface area contributed by atoms with Gasteiger partial charge in [-0.05, 0) is 45.8 Å². The molecule has 120 valence electrons. The number of fused-ring (bicyclic) bond motifs is 1. The van der Waals surface area contributed by atoms with Crippen molar-refractivity contribution < 1.29 is 14.8 Å². The summed E-state index contributed by atoms with van der Waals surface area (Å²) in [6.07, 6.45) is 1.45. The van der Waals surface area contributed by atoms with E-state index < -0.39 is 16.6 Å². The maximum Gasteiger partial charge on any atom is 0.295 e. The van der Waals surface area contributed by atoms with E-state index >= 15 is 0 Å². The Balaban J connectivity index is 2.12. The minimum atomic E-state index is -0.815. The molecule has 0 amide bonds. The number of hydrogen-bond acceptors (Lipinski definition) is 6. The number of aliphatic hydroxyl groups is 1. The lowest BCUT2D eigenvalue weighted by Gasteiger charge is -2.45. The molecule has 0 aliphatic carbocycles. The first-order chi connectivity index (χ1) is 10.3. The third kappa shape index (κ3) is 2.30. The van der Waals surface area contributed by atoms with Gasteiger partial charge < -0.3 is 15.6 Å². The molecule has 0 spiro atoms. The van der Waals surface area contributed by atoms with Crippen LogP contribution in [0.1, 0.15) is 38.3 Å². The van der Waals surface area contributed by atoms with Crippen LogP contribution in [-0.2, 0) is 0 Å². The smallest absolute Gasteiger partial charge is 0.295 e. The minimum Gasteiger partial charge on any atom is -0.484 e. The van der Waals surface area contributed by atoms with Crippen LogP contribution in [-0.4, -0.2) is 39.7 Å². The standard InChI is InChI=1S/C15H21N3O4/c1-15(2)14(19)13(17-5-3-4-6-17)9-7-10(16)11(18(20)21)8-12(9)22-15/h7-8,13-14,19H,3-6,16H2,1-2H3. The van der Waals surface area contributed by atoms with E-state index in [1.807, 2.05) is 0 Å². The number of rotatable bonds is 2. The Morgan fingerprint density at radius 1 is 1.41 bits per heavy atom. The van der Waals surface area contributed by atoms with Crippen LogP contribution in [0.2, 0.25) is 0 Å². The van der Waals surface area contributed by atoms with Gasteiger partial charge in [0, 0.05) is 5.56 Å². The molecule has 22 heavy (non-hydrogen) atoms. The van der Waals surface area contributed by atoms with E-state index in [1.165, 1.54) is 6.07 Å². The summed E-state index contributed by atoms with van der Waals surface area (Å²) in [5.74, 6) is 0.438. The molecule has 0 bridgehead atoms. The van der Waals surface area contributed by atoms with Gasteiger partial charge in [-0.2, -0.15) is 0 Å². The Morgan fingerprint density at radius 2 is 2.05 bits per heavy atom. The van der Waals surface area contributed by atoms with Crippen LogP contribution in [0.25, 0.3) is 0 Å². The zero-order valence-electron chi connectivity index (χ0n) is 12.8. The lowest BCUT2D eigenvalue weighted by atomic mass is 9.85. The summed E-state index contributed by atoms with van der Waals surface area (Å²) in [6, 6.07) is 2.71. The molecule has 3 rings (SSSR count). The van der Waals surface area contributed by atoms with Gasteiger partial charge in [-0.1, -0.05) is 0 Å². The molecule has 1 fully saturated rings. The Bertz CT molecular complexity index is 611. The molecule has 0 radical (unpaired) electrons. The number of benzene rings is 1. The van der Waals surface area contributed by atoms with Gasteiger partial charge in [0.15, 0.2) is 0 Å². The molecular weight excluding hydrogens is 286 g/mol. The number of ether oxygens (including phenoxy) is 1.